The second-order valence-electron chi connectivity index (χ2n) is 9.46. The van der Waals surface area contributed by atoms with Gasteiger partial charge in [0, 0.05) is 0 Å². The standard InChI is InChI=1S/C30H31IN5OP/c1-36(2)30-34-28(33-29(32)35-30)23-18-20-24(21-19-23)37-22-38(31,25-12-6-3-7-13-25,26-14-8-4-9-15-26)27-16-10-5-11-17-27/h3-21,28H,22H2,1-2H3,(H3,32,33,34,35)/p+1. The van der Waals surface area contributed by atoms with Gasteiger partial charge >= 0.3 is 238 Å². The average molecular weight is 636 g/mol. The summed E-state index contributed by atoms with van der Waals surface area (Å²) in [4.78, 5) is 4.52. The Morgan fingerprint density at radius 2 is 1.26 bits per heavy atom. The molecule has 0 saturated heterocycles. The Bertz CT molecular complexity index is 1360. The molecule has 0 aromatic heterocycles. The molecule has 4 aromatic rings. The van der Waals surface area contributed by atoms with Gasteiger partial charge in [0.2, 0.25) is 0 Å². The summed E-state index contributed by atoms with van der Waals surface area (Å²) in [7, 11) is 3.90. The Hall–Kier alpha value is -3.42. The molecule has 1 atom stereocenters. The summed E-state index contributed by atoms with van der Waals surface area (Å²) in [5.41, 5.74) is 7.03. The van der Waals surface area contributed by atoms with Gasteiger partial charge in [-0.2, -0.15) is 0 Å². The Morgan fingerprint density at radius 1 is 0.789 bits per heavy atom. The number of nitrogens with zero attached hydrogens (tertiary/aromatic N) is 2. The van der Waals surface area contributed by atoms with Crippen LogP contribution in [0.2, 0.25) is 0 Å². The molecule has 38 heavy (non-hydrogen) atoms. The van der Waals surface area contributed by atoms with Crippen molar-refractivity contribution in [2.45, 2.75) is 6.17 Å². The average Bonchev–Trinajstić information content (AvgIpc) is 2.97. The summed E-state index contributed by atoms with van der Waals surface area (Å²) in [6, 6.07) is 40.4. The van der Waals surface area contributed by atoms with Crippen molar-refractivity contribution in [1.82, 2.24) is 10.6 Å². The van der Waals surface area contributed by atoms with Gasteiger partial charge in [0.1, 0.15) is 0 Å². The first-order chi connectivity index (χ1) is 18.4. The van der Waals surface area contributed by atoms with Crippen molar-refractivity contribution in [3.05, 3.63) is 121 Å². The van der Waals surface area contributed by atoms with E-state index in [1.165, 1.54) is 15.9 Å². The third-order valence-electron chi connectivity index (χ3n) is 6.79. The van der Waals surface area contributed by atoms with E-state index in [2.05, 4.69) is 129 Å². The van der Waals surface area contributed by atoms with Crippen LogP contribution in [0.4, 0.5) is 0 Å². The number of rotatable bonds is 7. The van der Waals surface area contributed by atoms with Gasteiger partial charge in [0.25, 0.3) is 0 Å². The molecule has 1 aliphatic rings. The maximum absolute atomic E-state index is 6.70. The first-order valence-corrected chi connectivity index (χ1v) is 17.6. The summed E-state index contributed by atoms with van der Waals surface area (Å²) >= 11 is 2.73. The number of nitrogens with two attached hydrogens (primary N) is 1. The number of nitrogens with one attached hydrogen (secondary N) is 2. The quantitative estimate of drug-likeness (QED) is 0.163. The molecule has 0 aliphatic carbocycles. The maximum atomic E-state index is 6.70. The van der Waals surface area contributed by atoms with Crippen molar-refractivity contribution in [3.63, 3.8) is 0 Å². The number of hydrogen-bond acceptors (Lipinski definition) is 3. The number of guanidine groups is 2. The minimum absolute atomic E-state index is 0.274. The Morgan fingerprint density at radius 3 is 1.71 bits per heavy atom. The molecule has 0 spiro atoms. The van der Waals surface area contributed by atoms with E-state index in [-0.39, 0.29) is 6.17 Å². The van der Waals surface area contributed by atoms with E-state index in [0.29, 0.717) is 12.3 Å². The number of aliphatic imine (C=N–C) groups is 1. The molecule has 6 nitrogen and oxygen atoms in total. The zero-order valence-electron chi connectivity index (χ0n) is 21.5. The van der Waals surface area contributed by atoms with Crippen LogP contribution < -0.4 is 37.0 Å². The Labute approximate surface area is 237 Å². The molecule has 1 unspecified atom stereocenters. The van der Waals surface area contributed by atoms with E-state index in [4.69, 9.17) is 10.5 Å². The molecule has 0 radical (unpaired) electrons. The second kappa shape index (κ2) is 10.8. The Kier molecular flexibility index (Phi) is 7.41. The number of ether oxygens (including phenoxy) is 1. The van der Waals surface area contributed by atoms with Crippen LogP contribution in [0.15, 0.2) is 120 Å². The fraction of sp³-hybridized carbons (Fsp3) is 0.133. The van der Waals surface area contributed by atoms with E-state index in [1.807, 2.05) is 42.9 Å². The molecule has 5 rings (SSSR count). The summed E-state index contributed by atoms with van der Waals surface area (Å²) in [6.07, 6.45) is 0.253. The minimum atomic E-state index is -3.02. The molecular formula is C30H32IN5OP+. The van der Waals surface area contributed by atoms with Crippen LogP contribution >= 0.6 is 26.3 Å². The molecule has 4 N–H and O–H groups in total. The normalized spacial score (nSPS) is 16.3. The van der Waals surface area contributed by atoms with E-state index in [0.717, 1.165) is 17.3 Å². The van der Waals surface area contributed by atoms with Crippen LogP contribution in [0.3, 0.4) is 0 Å². The molecule has 4 aromatic carbocycles. The van der Waals surface area contributed by atoms with Crippen LogP contribution in [-0.2, 0) is 0 Å². The van der Waals surface area contributed by atoms with Crippen LogP contribution in [0.1, 0.15) is 11.7 Å². The first-order valence-electron chi connectivity index (χ1n) is 12.4. The molecule has 194 valence electrons. The summed E-state index contributed by atoms with van der Waals surface area (Å²) in [6.45, 7) is 0. The summed E-state index contributed by atoms with van der Waals surface area (Å²) in [5, 5.41) is 10.3. The van der Waals surface area contributed by atoms with Gasteiger partial charge in [-0.1, -0.05) is 0 Å². The van der Waals surface area contributed by atoms with Gasteiger partial charge in [-0.3, -0.25) is 0 Å². The Balaban J connectivity index is 1.52. The predicted octanol–water partition coefficient (Wildman–Crippen LogP) is 4.04. The second-order valence-corrected chi connectivity index (χ2v) is 20.0. The van der Waals surface area contributed by atoms with E-state index in [1.54, 1.807) is 0 Å². The monoisotopic (exact) mass is 636 g/mol. The molecule has 0 bridgehead atoms. The van der Waals surface area contributed by atoms with Crippen molar-refractivity contribution in [2.75, 3.05) is 20.4 Å². The number of benzene rings is 4. The topological polar surface area (TPSA) is 74.7 Å². The van der Waals surface area contributed by atoms with Crippen molar-refractivity contribution in [3.8, 4) is 5.75 Å². The van der Waals surface area contributed by atoms with Gasteiger partial charge in [0.05, 0.1) is 0 Å². The van der Waals surface area contributed by atoms with Gasteiger partial charge in [-0.15, -0.1) is 0 Å². The van der Waals surface area contributed by atoms with Gasteiger partial charge in [0.15, 0.2) is 0 Å². The van der Waals surface area contributed by atoms with Crippen molar-refractivity contribution in [1.29, 1.82) is 0 Å². The number of halogens is 1. The van der Waals surface area contributed by atoms with E-state index >= 15 is 0 Å². The summed E-state index contributed by atoms with van der Waals surface area (Å²) in [5.74, 6) is 2.00. The van der Waals surface area contributed by atoms with Crippen molar-refractivity contribution < 1.29 is 9.31 Å². The molecule has 0 amide bonds. The fourth-order valence-electron chi connectivity index (χ4n) is 4.72. The van der Waals surface area contributed by atoms with Crippen LogP contribution in [0, 0.1) is 0 Å². The SMILES string of the molecule is C[N+](C)=C1NC(N)=NC(c2ccc(OCP(I)(c3ccccc3)(c3ccccc3)c3ccccc3)cc2)N1. The molecule has 0 saturated carbocycles. The molecular weight excluding hydrogens is 604 g/mol. The van der Waals surface area contributed by atoms with Crippen LogP contribution in [-0.4, -0.2) is 36.9 Å². The molecule has 8 heteroatoms. The van der Waals surface area contributed by atoms with Crippen LogP contribution in [0.5, 0.6) is 5.75 Å². The van der Waals surface area contributed by atoms with Gasteiger partial charge in [-0.25, -0.2) is 0 Å². The van der Waals surface area contributed by atoms with Crippen molar-refractivity contribution in [2.24, 2.45) is 10.7 Å². The zero-order chi connectivity index (χ0) is 26.6. The number of hydrogen-bond donors (Lipinski definition) is 3. The van der Waals surface area contributed by atoms with E-state index in [9.17, 15) is 0 Å². The van der Waals surface area contributed by atoms with Crippen molar-refractivity contribution >= 4 is 54.1 Å². The molecule has 1 heterocycles. The summed E-state index contributed by atoms with van der Waals surface area (Å²) < 4.78 is 5.62. The third kappa shape index (κ3) is 4.88. The molecule has 0 fully saturated rings. The first kappa shape index (κ1) is 26.2. The van der Waals surface area contributed by atoms with Crippen LogP contribution in [0.25, 0.3) is 0 Å². The van der Waals surface area contributed by atoms with E-state index < -0.39 is 4.25 Å². The van der Waals surface area contributed by atoms with Gasteiger partial charge < -0.3 is 0 Å². The molecule has 1 aliphatic heterocycles. The van der Waals surface area contributed by atoms with Gasteiger partial charge in [-0.05, 0) is 0 Å². The predicted molar refractivity (Wildman–Crippen MR) is 169 cm³/mol. The zero-order valence-corrected chi connectivity index (χ0v) is 24.5. The third-order valence-corrected chi connectivity index (χ3v) is 17.4. The fourth-order valence-corrected chi connectivity index (χ4v) is 12.1.